The molecule has 1 saturated heterocycles. The molecule has 2 aliphatic rings. The van der Waals surface area contributed by atoms with Crippen LogP contribution < -0.4 is 5.73 Å². The van der Waals surface area contributed by atoms with Gasteiger partial charge in [0.1, 0.15) is 0 Å². The van der Waals surface area contributed by atoms with Crippen LogP contribution in [0.25, 0.3) is 0 Å². The summed E-state index contributed by atoms with van der Waals surface area (Å²) in [5, 5.41) is 0. The number of rotatable bonds is 3. The Kier molecular flexibility index (Phi) is 3.69. The Bertz CT molecular complexity index is 253. The normalized spacial score (nSPS) is 26.8. The number of halogens is 3. The van der Waals surface area contributed by atoms with Gasteiger partial charge in [-0.3, -0.25) is 0 Å². The van der Waals surface area contributed by atoms with Crippen molar-refractivity contribution in [1.29, 1.82) is 0 Å². The zero-order valence-corrected chi connectivity index (χ0v) is 10.1. The maximum atomic E-state index is 12.5. The minimum atomic E-state index is -4.00. The van der Waals surface area contributed by atoms with Gasteiger partial charge in [0.15, 0.2) is 0 Å². The van der Waals surface area contributed by atoms with Gasteiger partial charge in [-0.05, 0) is 58.2 Å². The van der Waals surface area contributed by atoms with E-state index >= 15 is 0 Å². The Morgan fingerprint density at radius 3 is 2.18 bits per heavy atom. The van der Waals surface area contributed by atoms with E-state index in [4.69, 9.17) is 5.73 Å². The molecule has 17 heavy (non-hydrogen) atoms. The lowest BCUT2D eigenvalue weighted by molar-refractivity contribution is -0.185. The molecular formula is C12H21F3N2. The summed E-state index contributed by atoms with van der Waals surface area (Å²) >= 11 is 0. The van der Waals surface area contributed by atoms with Crippen molar-refractivity contribution >= 4 is 0 Å². The number of hydrogen-bond acceptors (Lipinski definition) is 2. The Hall–Kier alpha value is -0.290. The van der Waals surface area contributed by atoms with E-state index in [1.54, 1.807) is 0 Å². The van der Waals surface area contributed by atoms with Crippen LogP contribution in [0.1, 0.15) is 38.5 Å². The molecule has 0 spiro atoms. The number of piperidine rings is 1. The molecule has 2 rings (SSSR count). The van der Waals surface area contributed by atoms with Gasteiger partial charge in [0.05, 0.1) is 5.92 Å². The van der Waals surface area contributed by atoms with Gasteiger partial charge in [0, 0.05) is 5.54 Å². The third-order valence-corrected chi connectivity index (χ3v) is 4.33. The average molecular weight is 250 g/mol. The zero-order chi connectivity index (χ0) is 12.5. The van der Waals surface area contributed by atoms with Crippen molar-refractivity contribution in [2.24, 2.45) is 11.7 Å². The highest BCUT2D eigenvalue weighted by Gasteiger charge is 2.41. The monoisotopic (exact) mass is 250 g/mol. The fraction of sp³-hybridized carbons (Fsp3) is 1.00. The SMILES string of the molecule is NC1(CCN2CCC(C(F)(F)F)CC2)CCC1. The lowest BCUT2D eigenvalue weighted by Crippen LogP contribution is -2.49. The first-order valence-electron chi connectivity index (χ1n) is 6.47. The van der Waals surface area contributed by atoms with Crippen molar-refractivity contribution in [3.05, 3.63) is 0 Å². The second kappa shape index (κ2) is 4.76. The lowest BCUT2D eigenvalue weighted by atomic mass is 9.75. The van der Waals surface area contributed by atoms with Crippen LogP contribution in [0, 0.1) is 5.92 Å². The Morgan fingerprint density at radius 2 is 1.76 bits per heavy atom. The summed E-state index contributed by atoms with van der Waals surface area (Å²) in [6, 6.07) is 0. The van der Waals surface area contributed by atoms with Crippen molar-refractivity contribution in [3.63, 3.8) is 0 Å². The fourth-order valence-electron chi connectivity index (χ4n) is 2.75. The maximum absolute atomic E-state index is 12.5. The summed E-state index contributed by atoms with van der Waals surface area (Å²) in [6.45, 7) is 2.00. The molecule has 2 nitrogen and oxygen atoms in total. The van der Waals surface area contributed by atoms with Gasteiger partial charge < -0.3 is 10.6 Å². The van der Waals surface area contributed by atoms with E-state index in [9.17, 15) is 13.2 Å². The van der Waals surface area contributed by atoms with Crippen LogP contribution in [0.5, 0.6) is 0 Å². The highest BCUT2D eigenvalue weighted by Crippen LogP contribution is 2.35. The molecular weight excluding hydrogens is 229 g/mol. The molecule has 0 aromatic carbocycles. The molecule has 0 amide bonds. The van der Waals surface area contributed by atoms with Gasteiger partial charge in [-0.1, -0.05) is 0 Å². The van der Waals surface area contributed by atoms with Crippen LogP contribution in [0.3, 0.4) is 0 Å². The minimum Gasteiger partial charge on any atom is -0.325 e. The van der Waals surface area contributed by atoms with Gasteiger partial charge in [-0.15, -0.1) is 0 Å². The van der Waals surface area contributed by atoms with E-state index < -0.39 is 12.1 Å². The highest BCUT2D eigenvalue weighted by molar-refractivity contribution is 4.93. The van der Waals surface area contributed by atoms with Crippen LogP contribution in [0.4, 0.5) is 13.2 Å². The fourth-order valence-corrected chi connectivity index (χ4v) is 2.75. The van der Waals surface area contributed by atoms with E-state index in [-0.39, 0.29) is 18.4 Å². The van der Waals surface area contributed by atoms with Crippen LogP contribution in [0.2, 0.25) is 0 Å². The van der Waals surface area contributed by atoms with E-state index in [1.165, 1.54) is 6.42 Å². The van der Waals surface area contributed by atoms with Gasteiger partial charge in [0.2, 0.25) is 0 Å². The molecule has 1 aliphatic carbocycles. The van der Waals surface area contributed by atoms with E-state index in [0.29, 0.717) is 13.1 Å². The summed E-state index contributed by atoms with van der Waals surface area (Å²) in [5.41, 5.74) is 6.10. The molecule has 0 aromatic heterocycles. The van der Waals surface area contributed by atoms with Crippen LogP contribution in [-0.4, -0.2) is 36.2 Å². The molecule has 5 heteroatoms. The molecule has 0 aromatic rings. The van der Waals surface area contributed by atoms with Crippen molar-refractivity contribution in [2.75, 3.05) is 19.6 Å². The summed E-state index contributed by atoms with van der Waals surface area (Å²) in [4.78, 5) is 2.13. The van der Waals surface area contributed by atoms with Crippen molar-refractivity contribution in [1.82, 2.24) is 4.90 Å². The number of nitrogens with zero attached hydrogens (tertiary/aromatic N) is 1. The third-order valence-electron chi connectivity index (χ3n) is 4.33. The largest absolute Gasteiger partial charge is 0.391 e. The van der Waals surface area contributed by atoms with Gasteiger partial charge in [-0.2, -0.15) is 13.2 Å². The van der Waals surface area contributed by atoms with Crippen molar-refractivity contribution in [2.45, 2.75) is 50.2 Å². The predicted molar refractivity (Wildman–Crippen MR) is 60.6 cm³/mol. The summed E-state index contributed by atoms with van der Waals surface area (Å²) in [6.07, 6.45) is 0.783. The topological polar surface area (TPSA) is 29.3 Å². The van der Waals surface area contributed by atoms with Crippen LogP contribution >= 0.6 is 0 Å². The maximum Gasteiger partial charge on any atom is 0.391 e. The first-order valence-corrected chi connectivity index (χ1v) is 6.47. The molecule has 100 valence electrons. The standard InChI is InChI=1S/C12H21F3N2/c13-12(14,15)10-2-7-17(8-3-10)9-6-11(16)4-1-5-11/h10H,1-9,16H2. The predicted octanol–water partition coefficient (Wildman–Crippen LogP) is 2.53. The molecule has 2 N–H and O–H groups in total. The Morgan fingerprint density at radius 1 is 1.18 bits per heavy atom. The summed E-state index contributed by atoms with van der Waals surface area (Å²) < 4.78 is 37.4. The Balaban J connectivity index is 1.69. The molecule has 0 unspecified atom stereocenters. The molecule has 0 radical (unpaired) electrons. The summed E-state index contributed by atoms with van der Waals surface area (Å²) in [5.74, 6) is -1.09. The molecule has 2 fully saturated rings. The first-order chi connectivity index (χ1) is 7.89. The molecule has 0 bridgehead atoms. The van der Waals surface area contributed by atoms with Gasteiger partial charge in [-0.25, -0.2) is 0 Å². The number of hydrogen-bond donors (Lipinski definition) is 1. The highest BCUT2D eigenvalue weighted by atomic mass is 19.4. The molecule has 0 atom stereocenters. The van der Waals surface area contributed by atoms with Crippen LogP contribution in [-0.2, 0) is 0 Å². The van der Waals surface area contributed by atoms with Gasteiger partial charge in [0.25, 0.3) is 0 Å². The van der Waals surface area contributed by atoms with E-state index in [2.05, 4.69) is 4.90 Å². The average Bonchev–Trinajstić information content (AvgIpc) is 2.23. The second-order valence-corrected chi connectivity index (χ2v) is 5.62. The number of nitrogens with two attached hydrogens (primary N) is 1. The van der Waals surface area contributed by atoms with Gasteiger partial charge >= 0.3 is 6.18 Å². The quantitative estimate of drug-likeness (QED) is 0.834. The van der Waals surface area contributed by atoms with Crippen molar-refractivity contribution in [3.8, 4) is 0 Å². The smallest absolute Gasteiger partial charge is 0.325 e. The zero-order valence-electron chi connectivity index (χ0n) is 10.1. The van der Waals surface area contributed by atoms with Crippen molar-refractivity contribution < 1.29 is 13.2 Å². The van der Waals surface area contributed by atoms with E-state index in [1.807, 2.05) is 0 Å². The number of alkyl halides is 3. The lowest BCUT2D eigenvalue weighted by Gasteiger charge is -2.41. The molecule has 1 heterocycles. The second-order valence-electron chi connectivity index (χ2n) is 5.62. The van der Waals surface area contributed by atoms with Crippen LogP contribution in [0.15, 0.2) is 0 Å². The number of likely N-dealkylation sites (tertiary alicyclic amines) is 1. The first kappa shape index (κ1) is 13.1. The minimum absolute atomic E-state index is 0.0130. The van der Waals surface area contributed by atoms with E-state index in [0.717, 1.165) is 25.8 Å². The Labute approximate surface area is 100 Å². The molecule has 1 saturated carbocycles. The third kappa shape index (κ3) is 3.35. The molecule has 1 aliphatic heterocycles. The summed E-state index contributed by atoms with van der Waals surface area (Å²) in [7, 11) is 0.